The monoisotopic (exact) mass is 482 g/mol. The average Bonchev–Trinajstić information content (AvgIpc) is 2.77. The molecule has 4 rings (SSSR count). The molecule has 2 N–H and O–H groups in total. The average molecular weight is 483 g/mol. The van der Waals surface area contributed by atoms with Crippen LogP contribution in [0.5, 0.6) is 0 Å². The maximum absolute atomic E-state index is 13.5. The number of anilines is 1. The van der Waals surface area contributed by atoms with E-state index < -0.39 is 23.6 Å². The molecule has 1 atom stereocenters. The van der Waals surface area contributed by atoms with Gasteiger partial charge < -0.3 is 10.6 Å². The van der Waals surface area contributed by atoms with E-state index in [1.807, 2.05) is 45.0 Å². The second kappa shape index (κ2) is 9.02. The Morgan fingerprint density at radius 1 is 1.11 bits per heavy atom. The largest absolute Gasteiger partial charge is 0.416 e. The summed E-state index contributed by atoms with van der Waals surface area (Å²) in [6, 6.07) is 12.4. The normalized spacial score (nSPS) is 19.9. The highest BCUT2D eigenvalue weighted by molar-refractivity contribution is 6.10. The molecular weight excluding hydrogens is 453 g/mol. The Labute approximate surface area is 203 Å². The number of amides is 1. The van der Waals surface area contributed by atoms with E-state index in [9.17, 15) is 22.8 Å². The first kappa shape index (κ1) is 24.8. The number of ketones is 1. The molecule has 0 radical (unpaired) electrons. The zero-order valence-electron chi connectivity index (χ0n) is 20.3. The second-order valence-electron chi connectivity index (χ2n) is 10.1. The lowest BCUT2D eigenvalue weighted by Gasteiger charge is -2.39. The molecule has 1 aliphatic carbocycles. The van der Waals surface area contributed by atoms with Crippen molar-refractivity contribution in [1.82, 2.24) is 5.32 Å². The molecule has 1 heterocycles. The lowest BCUT2D eigenvalue weighted by molar-refractivity contribution is -0.137. The standard InChI is InChI=1S/C28H29F3N2O2/c1-5-17-9-11-18(12-10-17)24-23(16(2)32-21-14-27(3,4)15-22(34)25(21)24)26(35)33-20-8-6-7-19(13-20)28(29,30)31/h6-13,24,32H,5,14-15H2,1-4H3,(H,33,35). The fraction of sp³-hybridized carbons (Fsp3) is 0.357. The van der Waals surface area contributed by atoms with E-state index in [0.717, 1.165) is 35.4 Å². The minimum Gasteiger partial charge on any atom is -0.362 e. The Hall–Kier alpha value is -3.35. The second-order valence-corrected chi connectivity index (χ2v) is 10.1. The van der Waals surface area contributed by atoms with E-state index in [0.29, 0.717) is 29.7 Å². The SMILES string of the molecule is CCc1ccc(C2C(C(=O)Nc3cccc(C(F)(F)F)c3)=C(C)NC3=C2C(=O)CC(C)(C)C3)cc1. The Morgan fingerprint density at radius 3 is 2.43 bits per heavy atom. The van der Waals surface area contributed by atoms with Crippen LogP contribution in [0.15, 0.2) is 71.1 Å². The number of dihydropyridines is 1. The number of alkyl halides is 3. The van der Waals surface area contributed by atoms with Gasteiger partial charge in [-0.25, -0.2) is 0 Å². The van der Waals surface area contributed by atoms with Crippen molar-refractivity contribution >= 4 is 17.4 Å². The van der Waals surface area contributed by atoms with Gasteiger partial charge in [0.1, 0.15) is 0 Å². The van der Waals surface area contributed by atoms with Crippen LogP contribution in [0.25, 0.3) is 0 Å². The van der Waals surface area contributed by atoms with E-state index >= 15 is 0 Å². The molecule has 1 aliphatic heterocycles. The van der Waals surface area contributed by atoms with E-state index in [4.69, 9.17) is 0 Å². The number of benzene rings is 2. The van der Waals surface area contributed by atoms with Crippen molar-refractivity contribution in [2.75, 3.05) is 5.32 Å². The molecule has 184 valence electrons. The van der Waals surface area contributed by atoms with Crippen LogP contribution in [0.4, 0.5) is 18.9 Å². The van der Waals surface area contributed by atoms with Crippen LogP contribution < -0.4 is 10.6 Å². The Balaban J connectivity index is 1.77. The molecule has 0 aromatic heterocycles. The van der Waals surface area contributed by atoms with Gasteiger partial charge in [-0.2, -0.15) is 13.2 Å². The van der Waals surface area contributed by atoms with Crippen LogP contribution >= 0.6 is 0 Å². The molecule has 2 aromatic carbocycles. The van der Waals surface area contributed by atoms with E-state index in [1.54, 1.807) is 6.92 Å². The molecule has 1 amide bonds. The summed E-state index contributed by atoms with van der Waals surface area (Å²) in [7, 11) is 0. The molecule has 1 unspecified atom stereocenters. The Bertz CT molecular complexity index is 1240. The maximum Gasteiger partial charge on any atom is 0.416 e. The van der Waals surface area contributed by atoms with Gasteiger partial charge >= 0.3 is 6.18 Å². The van der Waals surface area contributed by atoms with Gasteiger partial charge in [-0.05, 0) is 54.5 Å². The summed E-state index contributed by atoms with van der Waals surface area (Å²) in [5.74, 6) is -1.17. The van der Waals surface area contributed by atoms with Crippen molar-refractivity contribution in [3.05, 3.63) is 87.8 Å². The lowest BCUT2D eigenvalue weighted by Crippen LogP contribution is -2.39. The van der Waals surface area contributed by atoms with Crippen LogP contribution in [0, 0.1) is 5.41 Å². The maximum atomic E-state index is 13.5. The number of hydrogen-bond acceptors (Lipinski definition) is 3. The molecule has 2 aromatic rings. The summed E-state index contributed by atoms with van der Waals surface area (Å²) in [4.78, 5) is 26.9. The quantitative estimate of drug-likeness (QED) is 0.522. The first-order valence-electron chi connectivity index (χ1n) is 11.7. The highest BCUT2D eigenvalue weighted by atomic mass is 19.4. The van der Waals surface area contributed by atoms with Gasteiger partial charge in [0.2, 0.25) is 0 Å². The van der Waals surface area contributed by atoms with Crippen molar-refractivity contribution in [1.29, 1.82) is 0 Å². The number of carbonyl (C=O) groups is 2. The summed E-state index contributed by atoms with van der Waals surface area (Å²) in [5, 5.41) is 5.91. The summed E-state index contributed by atoms with van der Waals surface area (Å²) in [6.07, 6.45) is -2.64. The van der Waals surface area contributed by atoms with Crippen LogP contribution in [-0.2, 0) is 22.2 Å². The fourth-order valence-corrected chi connectivity index (χ4v) is 4.99. The molecular formula is C28H29F3N2O2. The number of rotatable bonds is 4. The lowest BCUT2D eigenvalue weighted by atomic mass is 9.68. The summed E-state index contributed by atoms with van der Waals surface area (Å²) in [5.41, 5.74) is 3.21. The van der Waals surface area contributed by atoms with Crippen molar-refractivity contribution in [2.24, 2.45) is 5.41 Å². The number of hydrogen-bond donors (Lipinski definition) is 2. The van der Waals surface area contributed by atoms with Gasteiger partial charge in [0.15, 0.2) is 5.78 Å². The predicted molar refractivity (Wildman–Crippen MR) is 130 cm³/mol. The van der Waals surface area contributed by atoms with Gasteiger partial charge in [0.05, 0.1) is 5.56 Å². The number of halogens is 3. The highest BCUT2D eigenvalue weighted by Gasteiger charge is 2.42. The van der Waals surface area contributed by atoms with E-state index in [2.05, 4.69) is 10.6 Å². The Morgan fingerprint density at radius 2 is 1.80 bits per heavy atom. The third-order valence-electron chi connectivity index (χ3n) is 6.65. The molecule has 2 aliphatic rings. The topological polar surface area (TPSA) is 58.2 Å². The minimum absolute atomic E-state index is 0.0230. The summed E-state index contributed by atoms with van der Waals surface area (Å²) in [6.45, 7) is 7.89. The van der Waals surface area contributed by atoms with Crippen molar-refractivity contribution < 1.29 is 22.8 Å². The number of aryl methyl sites for hydroxylation is 1. The van der Waals surface area contributed by atoms with Crippen LogP contribution in [-0.4, -0.2) is 11.7 Å². The highest BCUT2D eigenvalue weighted by Crippen LogP contribution is 2.46. The zero-order valence-corrected chi connectivity index (χ0v) is 20.3. The molecule has 0 spiro atoms. The van der Waals surface area contributed by atoms with Crippen LogP contribution in [0.1, 0.15) is 63.1 Å². The van der Waals surface area contributed by atoms with Crippen molar-refractivity contribution in [2.45, 2.75) is 59.1 Å². The molecule has 7 heteroatoms. The van der Waals surface area contributed by atoms with Gasteiger partial charge in [0.25, 0.3) is 5.91 Å². The van der Waals surface area contributed by atoms with E-state index in [-0.39, 0.29) is 16.9 Å². The third-order valence-corrected chi connectivity index (χ3v) is 6.65. The predicted octanol–water partition coefficient (Wildman–Crippen LogP) is 6.51. The molecule has 0 bridgehead atoms. The van der Waals surface area contributed by atoms with Crippen LogP contribution in [0.3, 0.4) is 0 Å². The molecule has 4 nitrogen and oxygen atoms in total. The molecule has 0 fully saturated rings. The summed E-state index contributed by atoms with van der Waals surface area (Å²) < 4.78 is 39.5. The Kier molecular flexibility index (Phi) is 6.38. The number of Topliss-reactive ketones (excluding diaryl/α,β-unsaturated/α-hetero) is 1. The van der Waals surface area contributed by atoms with Crippen LogP contribution in [0.2, 0.25) is 0 Å². The van der Waals surface area contributed by atoms with Crippen molar-refractivity contribution in [3.63, 3.8) is 0 Å². The third kappa shape index (κ3) is 5.04. The smallest absolute Gasteiger partial charge is 0.362 e. The number of allylic oxidation sites excluding steroid dienone is 3. The molecule has 0 saturated carbocycles. The zero-order chi connectivity index (χ0) is 25.5. The molecule has 35 heavy (non-hydrogen) atoms. The first-order chi connectivity index (χ1) is 16.4. The minimum atomic E-state index is -4.52. The van der Waals surface area contributed by atoms with Gasteiger partial charge in [-0.1, -0.05) is 51.1 Å². The number of nitrogens with one attached hydrogen (secondary N) is 2. The van der Waals surface area contributed by atoms with Crippen molar-refractivity contribution in [3.8, 4) is 0 Å². The van der Waals surface area contributed by atoms with E-state index in [1.165, 1.54) is 12.1 Å². The van der Waals surface area contributed by atoms with Gasteiger partial charge in [-0.15, -0.1) is 0 Å². The number of carbonyl (C=O) groups excluding carboxylic acids is 2. The molecule has 0 saturated heterocycles. The fourth-order valence-electron chi connectivity index (χ4n) is 4.99. The first-order valence-corrected chi connectivity index (χ1v) is 11.7. The van der Waals surface area contributed by atoms with Gasteiger partial charge in [-0.3, -0.25) is 9.59 Å². The van der Waals surface area contributed by atoms with Gasteiger partial charge in [0, 0.05) is 40.6 Å². The summed E-state index contributed by atoms with van der Waals surface area (Å²) >= 11 is 0.